The zero-order valence-corrected chi connectivity index (χ0v) is 13.0. The van der Waals surface area contributed by atoms with E-state index in [4.69, 9.17) is 0 Å². The van der Waals surface area contributed by atoms with Crippen LogP contribution in [0.2, 0.25) is 0 Å². The second-order valence-electron chi connectivity index (χ2n) is 6.00. The molecule has 1 aromatic heterocycles. The third-order valence-electron chi connectivity index (χ3n) is 4.51. The number of carbonyl (C=O) groups is 1. The lowest BCUT2D eigenvalue weighted by Gasteiger charge is -2.30. The molecule has 22 heavy (non-hydrogen) atoms. The summed E-state index contributed by atoms with van der Waals surface area (Å²) in [4.78, 5) is 17.7. The van der Waals surface area contributed by atoms with E-state index in [-0.39, 0.29) is 5.91 Å². The van der Waals surface area contributed by atoms with E-state index in [1.54, 1.807) is 6.92 Å². The van der Waals surface area contributed by atoms with Crippen LogP contribution in [0, 0.1) is 5.92 Å². The first-order valence-electron chi connectivity index (χ1n) is 8.00. The van der Waals surface area contributed by atoms with Crippen molar-refractivity contribution < 1.29 is 4.79 Å². The average Bonchev–Trinajstić information content (AvgIpc) is 2.55. The Kier molecular flexibility index (Phi) is 4.52. The third kappa shape index (κ3) is 3.35. The molecule has 0 radical (unpaired) electrons. The van der Waals surface area contributed by atoms with Crippen LogP contribution in [-0.4, -0.2) is 28.9 Å². The normalized spacial score (nSPS) is 16.5. The molecular weight excluding hydrogens is 272 g/mol. The number of carbonyl (C=O) groups excluding carboxylic acids is 1. The summed E-state index contributed by atoms with van der Waals surface area (Å²) < 4.78 is 0. The zero-order chi connectivity index (χ0) is 15.4. The summed E-state index contributed by atoms with van der Waals surface area (Å²) >= 11 is 0. The molecule has 3 rings (SSSR count). The van der Waals surface area contributed by atoms with Crippen molar-refractivity contribution in [1.82, 2.24) is 9.88 Å². The van der Waals surface area contributed by atoms with Gasteiger partial charge >= 0.3 is 0 Å². The highest BCUT2D eigenvalue weighted by Crippen LogP contribution is 2.22. The largest absolute Gasteiger partial charge is 0.343 e. The molecule has 1 aliphatic rings. The quantitative estimate of drug-likeness (QED) is 0.860. The molecular formula is C19H22N2O. The van der Waals surface area contributed by atoms with E-state index in [2.05, 4.69) is 35.3 Å². The summed E-state index contributed by atoms with van der Waals surface area (Å²) in [5.74, 6) is 0.900. The predicted octanol–water partition coefficient (Wildman–Crippen LogP) is 3.90. The van der Waals surface area contributed by atoms with Gasteiger partial charge in [0.05, 0.1) is 5.52 Å². The van der Waals surface area contributed by atoms with Crippen LogP contribution in [0.25, 0.3) is 17.0 Å². The molecule has 114 valence electrons. The highest BCUT2D eigenvalue weighted by Gasteiger charge is 2.19. The maximum Gasteiger partial charge on any atom is 0.219 e. The van der Waals surface area contributed by atoms with Gasteiger partial charge in [-0.05, 0) is 42.9 Å². The standard InChI is InChI=1S/C19H22N2O/c1-15(22)21-13-10-16(11-14-21)5-4-6-17-9-12-20-19-8-3-2-7-18(17)19/h2-4,6-9,12,16H,5,10-11,13-14H2,1H3. The first-order valence-corrected chi connectivity index (χ1v) is 8.00. The van der Waals surface area contributed by atoms with Crippen LogP contribution in [0.4, 0.5) is 0 Å². The molecule has 0 unspecified atom stereocenters. The number of likely N-dealkylation sites (tertiary alicyclic amines) is 1. The lowest BCUT2D eigenvalue weighted by Crippen LogP contribution is -2.36. The van der Waals surface area contributed by atoms with Gasteiger partial charge in [-0.25, -0.2) is 0 Å². The Balaban J connectivity index is 1.62. The topological polar surface area (TPSA) is 33.2 Å². The highest BCUT2D eigenvalue weighted by molar-refractivity contribution is 5.87. The first-order chi connectivity index (χ1) is 10.7. The lowest BCUT2D eigenvalue weighted by molar-refractivity contribution is -0.130. The fourth-order valence-corrected chi connectivity index (χ4v) is 3.13. The summed E-state index contributed by atoms with van der Waals surface area (Å²) in [6.45, 7) is 3.48. The maximum absolute atomic E-state index is 11.3. The summed E-state index contributed by atoms with van der Waals surface area (Å²) in [5, 5.41) is 1.20. The number of aromatic nitrogens is 1. The zero-order valence-electron chi connectivity index (χ0n) is 13.0. The van der Waals surface area contributed by atoms with E-state index in [9.17, 15) is 4.79 Å². The lowest BCUT2D eigenvalue weighted by atomic mass is 9.93. The van der Waals surface area contributed by atoms with E-state index in [1.165, 1.54) is 10.9 Å². The van der Waals surface area contributed by atoms with E-state index in [1.807, 2.05) is 23.2 Å². The number of fused-ring (bicyclic) bond motifs is 1. The fraction of sp³-hybridized carbons (Fsp3) is 0.368. The van der Waals surface area contributed by atoms with Crippen molar-refractivity contribution in [3.63, 3.8) is 0 Å². The maximum atomic E-state index is 11.3. The van der Waals surface area contributed by atoms with Crippen LogP contribution in [0.5, 0.6) is 0 Å². The Morgan fingerprint density at radius 3 is 2.82 bits per heavy atom. The molecule has 0 spiro atoms. The Labute approximate surface area is 131 Å². The van der Waals surface area contributed by atoms with Gasteiger partial charge in [-0.1, -0.05) is 30.4 Å². The van der Waals surface area contributed by atoms with Gasteiger partial charge in [-0.3, -0.25) is 9.78 Å². The summed E-state index contributed by atoms with van der Waals surface area (Å²) in [7, 11) is 0. The molecule has 3 heteroatoms. The van der Waals surface area contributed by atoms with Crippen molar-refractivity contribution in [2.75, 3.05) is 13.1 Å². The van der Waals surface area contributed by atoms with E-state index in [0.29, 0.717) is 5.92 Å². The summed E-state index contributed by atoms with van der Waals surface area (Å²) in [6.07, 6.45) is 9.66. The predicted molar refractivity (Wildman–Crippen MR) is 90.4 cm³/mol. The Hall–Kier alpha value is -2.16. The van der Waals surface area contributed by atoms with Gasteiger partial charge in [0, 0.05) is 31.6 Å². The molecule has 2 heterocycles. The molecule has 1 aromatic carbocycles. The SMILES string of the molecule is CC(=O)N1CCC(CC=Cc2ccnc3ccccc23)CC1. The van der Waals surface area contributed by atoms with Crippen LogP contribution in [-0.2, 0) is 4.79 Å². The fourth-order valence-electron chi connectivity index (χ4n) is 3.13. The Morgan fingerprint density at radius 1 is 1.27 bits per heavy atom. The molecule has 0 atom stereocenters. The average molecular weight is 294 g/mol. The smallest absolute Gasteiger partial charge is 0.219 e. The second-order valence-corrected chi connectivity index (χ2v) is 6.00. The molecule has 0 aliphatic carbocycles. The number of allylic oxidation sites excluding steroid dienone is 1. The first kappa shape index (κ1) is 14.8. The van der Waals surface area contributed by atoms with Crippen molar-refractivity contribution in [3.8, 4) is 0 Å². The number of pyridine rings is 1. The van der Waals surface area contributed by atoms with Crippen molar-refractivity contribution in [1.29, 1.82) is 0 Å². The van der Waals surface area contributed by atoms with Crippen LogP contribution in [0.1, 0.15) is 31.7 Å². The van der Waals surface area contributed by atoms with E-state index in [0.717, 1.165) is 37.9 Å². The van der Waals surface area contributed by atoms with E-state index < -0.39 is 0 Å². The number of nitrogens with zero attached hydrogens (tertiary/aromatic N) is 2. The molecule has 2 aromatic rings. The number of benzene rings is 1. The van der Waals surface area contributed by atoms with Crippen LogP contribution < -0.4 is 0 Å². The monoisotopic (exact) mass is 294 g/mol. The third-order valence-corrected chi connectivity index (χ3v) is 4.51. The van der Waals surface area contributed by atoms with Gasteiger partial charge < -0.3 is 4.90 Å². The molecule has 1 fully saturated rings. The molecule has 0 bridgehead atoms. The number of piperidine rings is 1. The molecule has 1 aliphatic heterocycles. The van der Waals surface area contributed by atoms with Crippen molar-refractivity contribution >= 4 is 22.9 Å². The van der Waals surface area contributed by atoms with Gasteiger partial charge in [0.2, 0.25) is 5.91 Å². The van der Waals surface area contributed by atoms with Gasteiger partial charge in [0.1, 0.15) is 0 Å². The van der Waals surface area contributed by atoms with Gasteiger partial charge in [-0.2, -0.15) is 0 Å². The van der Waals surface area contributed by atoms with Gasteiger partial charge in [0.25, 0.3) is 0 Å². The Bertz CT molecular complexity index is 679. The number of hydrogen-bond acceptors (Lipinski definition) is 2. The van der Waals surface area contributed by atoms with Crippen molar-refractivity contribution in [2.45, 2.75) is 26.2 Å². The molecule has 1 saturated heterocycles. The molecule has 3 nitrogen and oxygen atoms in total. The van der Waals surface area contributed by atoms with Crippen molar-refractivity contribution in [2.24, 2.45) is 5.92 Å². The number of rotatable bonds is 3. The number of hydrogen-bond donors (Lipinski definition) is 0. The second kappa shape index (κ2) is 6.73. The molecule has 0 N–H and O–H groups in total. The van der Waals surface area contributed by atoms with Crippen molar-refractivity contribution in [3.05, 3.63) is 48.2 Å². The Morgan fingerprint density at radius 2 is 2.05 bits per heavy atom. The minimum atomic E-state index is 0.206. The molecule has 1 amide bonds. The number of amides is 1. The minimum absolute atomic E-state index is 0.206. The van der Waals surface area contributed by atoms with Gasteiger partial charge in [0.15, 0.2) is 0 Å². The molecule has 0 saturated carbocycles. The van der Waals surface area contributed by atoms with E-state index >= 15 is 0 Å². The highest BCUT2D eigenvalue weighted by atomic mass is 16.2. The summed E-state index contributed by atoms with van der Waals surface area (Å²) in [5.41, 5.74) is 2.27. The van der Waals surface area contributed by atoms with Gasteiger partial charge in [-0.15, -0.1) is 0 Å². The van der Waals surface area contributed by atoms with Crippen LogP contribution >= 0.6 is 0 Å². The minimum Gasteiger partial charge on any atom is -0.343 e. The number of para-hydroxylation sites is 1. The summed E-state index contributed by atoms with van der Waals surface area (Å²) in [6, 6.07) is 10.3. The van der Waals surface area contributed by atoms with Crippen LogP contribution in [0.3, 0.4) is 0 Å². The van der Waals surface area contributed by atoms with Crippen LogP contribution in [0.15, 0.2) is 42.6 Å².